The molecule has 1 aliphatic heterocycles. The largest absolute Gasteiger partial charge is 0.339 e. The van der Waals surface area contributed by atoms with Gasteiger partial charge < -0.3 is 5.32 Å². The quantitative estimate of drug-likeness (QED) is 0.410. The minimum Gasteiger partial charge on any atom is -0.339 e. The molecule has 4 N–H and O–H groups in total. The molecule has 2 aliphatic carbocycles. The van der Waals surface area contributed by atoms with Crippen molar-refractivity contribution in [3.8, 4) is 0 Å². The number of carbonyl (C=O) groups excluding carboxylic acids is 1. The molecule has 0 spiro atoms. The van der Waals surface area contributed by atoms with Gasteiger partial charge in [0.05, 0.1) is 6.17 Å². The highest BCUT2D eigenvalue weighted by molar-refractivity contribution is 5.98. The number of halogens is 2. The molecule has 1 saturated heterocycles. The summed E-state index contributed by atoms with van der Waals surface area (Å²) in [5, 5.41) is 6.30. The van der Waals surface area contributed by atoms with Crippen LogP contribution in [0.25, 0.3) is 0 Å². The topological polar surface area (TPSA) is 77.5 Å². The van der Waals surface area contributed by atoms with Crippen LogP contribution >= 0.6 is 0 Å². The van der Waals surface area contributed by atoms with Gasteiger partial charge in [-0.3, -0.25) is 20.5 Å². The van der Waals surface area contributed by atoms with E-state index in [1.54, 1.807) is 0 Å². The smallest absolute Gasteiger partial charge is 0.229 e. The molecule has 0 aromatic heterocycles. The average Bonchev–Trinajstić information content (AvgIpc) is 3.15. The molecule has 3 rings (SSSR count). The van der Waals surface area contributed by atoms with Crippen molar-refractivity contribution in [3.05, 3.63) is 0 Å². The van der Waals surface area contributed by atoms with Crippen molar-refractivity contribution in [2.75, 3.05) is 6.54 Å². The monoisotopic (exact) mass is 427 g/mol. The van der Waals surface area contributed by atoms with Crippen LogP contribution in [-0.2, 0) is 4.79 Å². The van der Waals surface area contributed by atoms with E-state index in [0.29, 0.717) is 56.9 Å². The Morgan fingerprint density at radius 3 is 2.17 bits per heavy atom. The molecule has 1 amide bonds. The van der Waals surface area contributed by atoms with E-state index in [0.717, 1.165) is 19.3 Å². The summed E-state index contributed by atoms with van der Waals surface area (Å²) in [7, 11) is 0. The van der Waals surface area contributed by atoms with E-state index in [1.165, 1.54) is 0 Å². The number of hydrazine groups is 1. The minimum absolute atomic E-state index is 0.00115. The summed E-state index contributed by atoms with van der Waals surface area (Å²) in [5.74, 6) is 0.712. The first-order valence-electron chi connectivity index (χ1n) is 11.6. The van der Waals surface area contributed by atoms with Crippen molar-refractivity contribution in [2.24, 2.45) is 22.2 Å². The summed E-state index contributed by atoms with van der Waals surface area (Å²) >= 11 is 0. The SMILES string of the molecule is CC(C)(C)CN=C(NC(=O)C1CCC(F)CC1)NC1CC(C2CCC(F)CC2)NN1. The molecule has 0 aromatic rings. The van der Waals surface area contributed by atoms with E-state index < -0.39 is 12.3 Å². The third-order valence-corrected chi connectivity index (χ3v) is 6.49. The van der Waals surface area contributed by atoms with Crippen LogP contribution in [0, 0.1) is 17.3 Å². The fourth-order valence-electron chi connectivity index (χ4n) is 4.60. The highest BCUT2D eigenvalue weighted by Crippen LogP contribution is 2.31. The molecule has 1 heterocycles. The van der Waals surface area contributed by atoms with Crippen LogP contribution in [0.3, 0.4) is 0 Å². The lowest BCUT2D eigenvalue weighted by molar-refractivity contribution is -0.124. The van der Waals surface area contributed by atoms with Crippen molar-refractivity contribution in [3.63, 3.8) is 0 Å². The summed E-state index contributed by atoms with van der Waals surface area (Å²) in [6.45, 7) is 6.89. The first kappa shape index (κ1) is 23.4. The van der Waals surface area contributed by atoms with E-state index in [9.17, 15) is 13.6 Å². The summed E-state index contributed by atoms with van der Waals surface area (Å²) in [6.07, 6.45) is 4.56. The Balaban J connectivity index is 1.55. The number of hydrogen-bond donors (Lipinski definition) is 4. The first-order chi connectivity index (χ1) is 14.2. The van der Waals surface area contributed by atoms with Crippen LogP contribution in [0.15, 0.2) is 4.99 Å². The zero-order chi connectivity index (χ0) is 21.7. The predicted octanol–water partition coefficient (Wildman–Crippen LogP) is 3.34. The summed E-state index contributed by atoms with van der Waals surface area (Å²) < 4.78 is 26.9. The number of nitrogens with one attached hydrogen (secondary N) is 4. The predicted molar refractivity (Wildman–Crippen MR) is 115 cm³/mol. The van der Waals surface area contributed by atoms with Gasteiger partial charge in [-0.05, 0) is 69.1 Å². The summed E-state index contributed by atoms with van der Waals surface area (Å²) in [6, 6.07) is 0.286. The maximum Gasteiger partial charge on any atom is 0.229 e. The molecular weight excluding hydrogens is 388 g/mol. The number of nitrogens with zero attached hydrogens (tertiary/aromatic N) is 1. The van der Waals surface area contributed by atoms with Gasteiger partial charge in [-0.1, -0.05) is 20.8 Å². The van der Waals surface area contributed by atoms with Gasteiger partial charge >= 0.3 is 0 Å². The maximum atomic E-state index is 13.4. The Labute approximate surface area is 179 Å². The van der Waals surface area contributed by atoms with E-state index in [4.69, 9.17) is 0 Å². The normalized spacial score (nSPS) is 35.8. The Kier molecular flexibility index (Phi) is 8.07. The zero-order valence-electron chi connectivity index (χ0n) is 18.6. The molecule has 0 radical (unpaired) electrons. The zero-order valence-corrected chi connectivity index (χ0v) is 18.6. The molecule has 2 atom stereocenters. The van der Waals surface area contributed by atoms with Crippen LogP contribution in [0.2, 0.25) is 0 Å². The second kappa shape index (κ2) is 10.4. The fourth-order valence-corrected chi connectivity index (χ4v) is 4.60. The Morgan fingerprint density at radius 1 is 0.967 bits per heavy atom. The molecule has 2 unspecified atom stereocenters. The van der Waals surface area contributed by atoms with Crippen molar-refractivity contribution in [2.45, 2.75) is 103 Å². The highest BCUT2D eigenvalue weighted by Gasteiger charge is 2.34. The van der Waals surface area contributed by atoms with Crippen molar-refractivity contribution >= 4 is 11.9 Å². The number of alkyl halides is 2. The number of carbonyl (C=O) groups is 1. The lowest BCUT2D eigenvalue weighted by atomic mass is 9.82. The lowest BCUT2D eigenvalue weighted by Gasteiger charge is -2.28. The Bertz CT molecular complexity index is 593. The van der Waals surface area contributed by atoms with E-state index in [1.807, 2.05) is 0 Å². The second-order valence-electron chi connectivity index (χ2n) is 10.5. The molecule has 6 nitrogen and oxygen atoms in total. The molecule has 172 valence electrons. The van der Waals surface area contributed by atoms with E-state index in [-0.39, 0.29) is 29.4 Å². The molecular formula is C22H39F2N5O. The molecule has 30 heavy (non-hydrogen) atoms. The number of hydrogen-bond acceptors (Lipinski definition) is 4. The number of aliphatic imine (C=N–C) groups is 1. The third kappa shape index (κ3) is 7.15. The van der Waals surface area contributed by atoms with Crippen molar-refractivity contribution in [1.82, 2.24) is 21.5 Å². The van der Waals surface area contributed by atoms with Gasteiger partial charge in [-0.2, -0.15) is 0 Å². The first-order valence-corrected chi connectivity index (χ1v) is 11.6. The van der Waals surface area contributed by atoms with E-state index >= 15 is 0 Å². The molecule has 3 aliphatic rings. The number of amides is 1. The Hall–Kier alpha value is -1.28. The maximum absolute atomic E-state index is 13.4. The van der Waals surface area contributed by atoms with Crippen LogP contribution < -0.4 is 21.5 Å². The fraction of sp³-hybridized carbons (Fsp3) is 0.909. The summed E-state index contributed by atoms with van der Waals surface area (Å²) in [5.41, 5.74) is 6.61. The van der Waals surface area contributed by atoms with Crippen LogP contribution in [0.1, 0.15) is 78.6 Å². The Morgan fingerprint density at radius 2 is 1.57 bits per heavy atom. The summed E-state index contributed by atoms with van der Waals surface area (Å²) in [4.78, 5) is 17.4. The van der Waals surface area contributed by atoms with E-state index in [2.05, 4.69) is 47.2 Å². The lowest BCUT2D eigenvalue weighted by Crippen LogP contribution is -2.52. The standard InChI is InChI=1S/C22H39F2N5O/c1-22(2,3)13-25-21(27-20(30)15-6-10-17(24)11-7-15)26-19-12-18(28-29-19)14-4-8-16(23)9-5-14/h14-19,28-29H,4-13H2,1-3H3,(H2,25,26,27,30). The van der Waals surface area contributed by atoms with Gasteiger partial charge in [-0.15, -0.1) is 0 Å². The number of guanidine groups is 1. The molecule has 2 saturated carbocycles. The third-order valence-electron chi connectivity index (χ3n) is 6.49. The van der Waals surface area contributed by atoms with Gasteiger partial charge in [0.1, 0.15) is 12.3 Å². The highest BCUT2D eigenvalue weighted by atomic mass is 19.1. The van der Waals surface area contributed by atoms with Crippen molar-refractivity contribution in [1.29, 1.82) is 0 Å². The molecule has 8 heteroatoms. The van der Waals surface area contributed by atoms with Crippen LogP contribution in [-0.4, -0.2) is 43.0 Å². The van der Waals surface area contributed by atoms with Crippen LogP contribution in [0.4, 0.5) is 8.78 Å². The minimum atomic E-state index is -0.778. The van der Waals surface area contributed by atoms with Gasteiger partial charge in [0.15, 0.2) is 5.96 Å². The van der Waals surface area contributed by atoms with Gasteiger partial charge in [-0.25, -0.2) is 14.2 Å². The average molecular weight is 428 g/mol. The molecule has 0 aromatic carbocycles. The second-order valence-corrected chi connectivity index (χ2v) is 10.5. The molecule has 3 fully saturated rings. The van der Waals surface area contributed by atoms with Gasteiger partial charge in [0.2, 0.25) is 5.91 Å². The van der Waals surface area contributed by atoms with Crippen molar-refractivity contribution < 1.29 is 13.6 Å². The van der Waals surface area contributed by atoms with Crippen LogP contribution in [0.5, 0.6) is 0 Å². The van der Waals surface area contributed by atoms with Gasteiger partial charge in [0, 0.05) is 18.5 Å². The van der Waals surface area contributed by atoms with Gasteiger partial charge in [0.25, 0.3) is 0 Å². The number of rotatable bonds is 4. The molecule has 0 bridgehead atoms.